The maximum absolute atomic E-state index is 14.3. The average Bonchev–Trinajstić information content (AvgIpc) is 3.12. The number of hydrogen-bond donors (Lipinski definition) is 0. The van der Waals surface area contributed by atoms with E-state index in [-0.39, 0.29) is 16.6 Å². The van der Waals surface area contributed by atoms with E-state index in [0.717, 1.165) is 31.0 Å². The Balaban J connectivity index is 1.23. The molecule has 4 heterocycles. The van der Waals surface area contributed by atoms with Gasteiger partial charge < -0.3 is 28.2 Å². The summed E-state index contributed by atoms with van der Waals surface area (Å²) < 4.78 is 48.8. The summed E-state index contributed by atoms with van der Waals surface area (Å²) in [4.78, 5) is 32.0. The molecular weight excluding hydrogens is 654 g/mol. The van der Waals surface area contributed by atoms with Crippen molar-refractivity contribution >= 4 is 22.5 Å². The lowest BCUT2D eigenvalue weighted by atomic mass is 10.1. The fourth-order valence-corrected chi connectivity index (χ4v) is 7.49. The van der Waals surface area contributed by atoms with E-state index < -0.39 is 29.0 Å². The van der Waals surface area contributed by atoms with E-state index >= 15 is 0 Å². The van der Waals surface area contributed by atoms with Crippen molar-refractivity contribution in [2.75, 3.05) is 71.5 Å². The molecule has 3 saturated heterocycles. The highest BCUT2D eigenvalue weighted by Gasteiger charge is 2.37. The second kappa shape index (κ2) is 15.8. The number of methoxy groups -OCH3 is 2. The number of amides is 1. The molecule has 3 aromatic carbocycles. The van der Waals surface area contributed by atoms with Gasteiger partial charge in [0, 0.05) is 67.6 Å². The standard InChI is InChI=1S/C40H49F2N4O5/c1-28(2)45(32-21-29(41)20-30(42)22-32)40(48)37-27-44(31-23-34(49-3)25-35(24-31)50-4)38-26-33(10-11-36(38)39(37)47)51-19-9-7-5-6-8-15-46-16-12-43(13-17-46)14-18-46/h10-11,20-28H,5-9,12-19H2,1-4H3/q+1. The summed E-state index contributed by atoms with van der Waals surface area (Å²) in [6.45, 7) is 13.0. The van der Waals surface area contributed by atoms with Crippen LogP contribution in [-0.2, 0) is 0 Å². The van der Waals surface area contributed by atoms with Crippen LogP contribution in [0.1, 0.15) is 56.3 Å². The Hall–Kier alpha value is -4.48. The Labute approximate surface area is 298 Å². The van der Waals surface area contributed by atoms with Crippen LogP contribution in [0.4, 0.5) is 14.5 Å². The molecule has 3 aliphatic heterocycles. The third-order valence-corrected chi connectivity index (χ3v) is 10.4. The molecule has 9 nitrogen and oxygen atoms in total. The van der Waals surface area contributed by atoms with Crippen LogP contribution in [0.3, 0.4) is 0 Å². The molecule has 0 spiro atoms. The molecule has 11 heteroatoms. The van der Waals surface area contributed by atoms with Gasteiger partial charge in [-0.25, -0.2) is 8.78 Å². The van der Waals surface area contributed by atoms with Crippen LogP contribution in [-0.4, -0.2) is 92.5 Å². The lowest BCUT2D eigenvalue weighted by Gasteiger charge is -2.50. The molecule has 0 unspecified atom stereocenters. The predicted molar refractivity (Wildman–Crippen MR) is 196 cm³/mol. The highest BCUT2D eigenvalue weighted by molar-refractivity contribution is 6.08. The average molecular weight is 704 g/mol. The van der Waals surface area contributed by atoms with Crippen molar-refractivity contribution in [3.63, 3.8) is 0 Å². The molecule has 51 heavy (non-hydrogen) atoms. The first-order chi connectivity index (χ1) is 24.6. The van der Waals surface area contributed by atoms with Crippen LogP contribution in [0.15, 0.2) is 65.6 Å². The van der Waals surface area contributed by atoms with Gasteiger partial charge in [0.05, 0.1) is 63.9 Å². The molecule has 1 aromatic heterocycles. The quantitative estimate of drug-likeness (QED) is 0.100. The molecule has 0 aliphatic carbocycles. The van der Waals surface area contributed by atoms with Gasteiger partial charge in [0.1, 0.15) is 34.4 Å². The number of hydrogen-bond acceptors (Lipinski definition) is 6. The zero-order chi connectivity index (χ0) is 36.1. The number of fused-ring (bicyclic) bond motifs is 4. The topological polar surface area (TPSA) is 73.2 Å². The third-order valence-electron chi connectivity index (χ3n) is 10.4. The normalized spacial score (nSPS) is 18.3. The zero-order valence-electron chi connectivity index (χ0n) is 30.1. The third kappa shape index (κ3) is 8.20. The number of rotatable bonds is 15. The van der Waals surface area contributed by atoms with Gasteiger partial charge in [-0.15, -0.1) is 0 Å². The van der Waals surface area contributed by atoms with Crippen LogP contribution < -0.4 is 24.5 Å². The number of quaternary nitrogens is 1. The summed E-state index contributed by atoms with van der Waals surface area (Å²) in [6.07, 6.45) is 7.16. The van der Waals surface area contributed by atoms with E-state index in [1.54, 1.807) is 69.0 Å². The van der Waals surface area contributed by atoms with Crippen molar-refractivity contribution in [1.29, 1.82) is 0 Å². The van der Waals surface area contributed by atoms with E-state index in [9.17, 15) is 18.4 Å². The van der Waals surface area contributed by atoms with Gasteiger partial charge >= 0.3 is 0 Å². The summed E-state index contributed by atoms with van der Waals surface area (Å²) in [7, 11) is 3.08. The highest BCUT2D eigenvalue weighted by atomic mass is 19.1. The first-order valence-corrected chi connectivity index (χ1v) is 18.0. The molecule has 7 rings (SSSR count). The van der Waals surface area contributed by atoms with Crippen LogP contribution in [0.2, 0.25) is 0 Å². The lowest BCUT2D eigenvalue weighted by Crippen LogP contribution is -2.67. The Morgan fingerprint density at radius 1 is 0.824 bits per heavy atom. The molecule has 3 fully saturated rings. The maximum atomic E-state index is 14.3. The van der Waals surface area contributed by atoms with Crippen molar-refractivity contribution < 1.29 is 32.3 Å². The minimum atomic E-state index is -0.825. The van der Waals surface area contributed by atoms with E-state index in [2.05, 4.69) is 4.90 Å². The zero-order valence-corrected chi connectivity index (χ0v) is 30.1. The molecule has 0 radical (unpaired) electrons. The second-order valence-electron chi connectivity index (χ2n) is 14.1. The van der Waals surface area contributed by atoms with Crippen LogP contribution >= 0.6 is 0 Å². The van der Waals surface area contributed by atoms with Gasteiger partial charge in [0.2, 0.25) is 5.43 Å². The molecular formula is C40H49F2N4O5+. The fraction of sp³-hybridized carbons (Fsp3) is 0.450. The molecule has 0 N–H and O–H groups in total. The summed E-state index contributed by atoms with van der Waals surface area (Å²) >= 11 is 0. The number of carbonyl (C=O) groups is 1. The predicted octanol–water partition coefficient (Wildman–Crippen LogP) is 6.82. The minimum Gasteiger partial charge on any atom is -0.497 e. The molecule has 4 aromatic rings. The summed E-state index contributed by atoms with van der Waals surface area (Å²) in [5.74, 6) is -0.711. The number of pyridine rings is 1. The number of aromatic nitrogens is 1. The number of anilines is 1. The number of nitrogens with zero attached hydrogens (tertiary/aromatic N) is 4. The van der Waals surface area contributed by atoms with Gasteiger partial charge in [-0.1, -0.05) is 12.8 Å². The van der Waals surface area contributed by atoms with Crippen LogP contribution in [0.25, 0.3) is 16.6 Å². The van der Waals surface area contributed by atoms with E-state index in [4.69, 9.17) is 14.2 Å². The van der Waals surface area contributed by atoms with E-state index in [1.807, 2.05) is 0 Å². The number of unbranched alkanes of at least 4 members (excludes halogenated alkanes) is 4. The smallest absolute Gasteiger partial charge is 0.264 e. The Morgan fingerprint density at radius 3 is 2.08 bits per heavy atom. The van der Waals surface area contributed by atoms with Gasteiger partial charge in [0.15, 0.2) is 0 Å². The monoisotopic (exact) mass is 703 g/mol. The SMILES string of the molecule is COc1cc(OC)cc(-n2cc(C(=O)N(c3cc(F)cc(F)c3)C(C)C)c(=O)c3ccc(OCCCCCCC[N+]45CCN(CC4)CC5)cc32)c1. The number of benzene rings is 3. The highest BCUT2D eigenvalue weighted by Crippen LogP contribution is 2.30. The van der Waals surface area contributed by atoms with Gasteiger partial charge in [-0.3, -0.25) is 14.5 Å². The molecule has 1 amide bonds. The Bertz CT molecular complexity index is 1870. The molecule has 272 valence electrons. The number of piperazine rings is 3. The Morgan fingerprint density at radius 2 is 1.45 bits per heavy atom. The molecule has 2 bridgehead atoms. The van der Waals surface area contributed by atoms with Gasteiger partial charge in [-0.2, -0.15) is 0 Å². The first-order valence-electron chi connectivity index (χ1n) is 18.0. The van der Waals surface area contributed by atoms with E-state index in [0.29, 0.717) is 35.1 Å². The van der Waals surface area contributed by atoms with Crippen molar-refractivity contribution in [1.82, 2.24) is 9.47 Å². The second-order valence-corrected chi connectivity index (χ2v) is 14.1. The number of carbonyl (C=O) groups excluding carboxylic acids is 1. The van der Waals surface area contributed by atoms with Crippen LogP contribution in [0, 0.1) is 11.6 Å². The Kier molecular flexibility index (Phi) is 11.3. The lowest BCUT2D eigenvalue weighted by molar-refractivity contribution is -0.941. The molecule has 0 atom stereocenters. The summed E-state index contributed by atoms with van der Waals surface area (Å²) in [5.41, 5.74) is 0.435. The molecule has 3 aliphatic rings. The number of ether oxygens (including phenoxy) is 3. The number of halogens is 2. The van der Waals surface area contributed by atoms with Crippen molar-refractivity contribution in [2.45, 2.75) is 52.0 Å². The van der Waals surface area contributed by atoms with Gasteiger partial charge in [0.25, 0.3) is 5.91 Å². The largest absolute Gasteiger partial charge is 0.497 e. The van der Waals surface area contributed by atoms with Crippen molar-refractivity contribution in [3.05, 3.63) is 88.2 Å². The van der Waals surface area contributed by atoms with Crippen LogP contribution in [0.5, 0.6) is 17.2 Å². The van der Waals surface area contributed by atoms with Gasteiger partial charge in [-0.05, 0) is 57.4 Å². The summed E-state index contributed by atoms with van der Waals surface area (Å²) in [6, 6.07) is 12.8. The van der Waals surface area contributed by atoms with Crippen molar-refractivity contribution in [3.8, 4) is 22.9 Å². The molecule has 0 saturated carbocycles. The van der Waals surface area contributed by atoms with Crippen molar-refractivity contribution in [2.24, 2.45) is 0 Å². The van der Waals surface area contributed by atoms with E-state index in [1.165, 1.54) is 80.7 Å². The maximum Gasteiger partial charge on any atom is 0.264 e. The minimum absolute atomic E-state index is 0.0127. The first kappa shape index (κ1) is 36.3. The summed E-state index contributed by atoms with van der Waals surface area (Å²) in [5, 5.41) is 0.283. The fourth-order valence-electron chi connectivity index (χ4n) is 7.49.